The molecule has 0 unspecified atom stereocenters. The number of benzene rings is 3. The maximum absolute atomic E-state index is 14.2. The molecular weight excluding hydrogens is 389 g/mol. The molecule has 29 heavy (non-hydrogen) atoms. The molecule has 3 aromatic carbocycles. The molecule has 0 bridgehead atoms. The molecule has 0 saturated heterocycles. The van der Waals surface area contributed by atoms with Crippen LogP contribution in [0.1, 0.15) is 5.56 Å². The molecule has 0 amide bonds. The fourth-order valence-corrected chi connectivity index (χ4v) is 3.44. The van der Waals surface area contributed by atoms with Crippen LogP contribution in [0.3, 0.4) is 0 Å². The molecule has 142 valence electrons. The first-order valence-electron chi connectivity index (χ1n) is 9.09. The Morgan fingerprint density at radius 1 is 0.862 bits per heavy atom. The molecule has 0 saturated carbocycles. The van der Waals surface area contributed by atoms with Crippen molar-refractivity contribution < 1.29 is 9.13 Å². The number of hydrogen-bond acceptors (Lipinski definition) is 3. The van der Waals surface area contributed by atoms with Crippen LogP contribution in [-0.2, 0) is 6.61 Å². The number of para-hydroxylation sites is 2. The Bertz CT molecular complexity index is 1320. The van der Waals surface area contributed by atoms with Gasteiger partial charge < -0.3 is 4.74 Å². The van der Waals surface area contributed by atoms with Crippen molar-refractivity contribution >= 4 is 33.4 Å². The molecule has 5 aromatic rings. The van der Waals surface area contributed by atoms with Crippen LogP contribution in [0.5, 0.6) is 5.88 Å². The molecule has 0 radical (unpaired) electrons. The summed E-state index contributed by atoms with van der Waals surface area (Å²) < 4.78 is 22.1. The molecule has 2 heterocycles. The summed E-state index contributed by atoms with van der Waals surface area (Å²) in [6.45, 7) is 0.339. The van der Waals surface area contributed by atoms with Gasteiger partial charge in [-0.05, 0) is 35.9 Å². The summed E-state index contributed by atoms with van der Waals surface area (Å²) in [5, 5.41) is 6.78. The van der Waals surface area contributed by atoms with Crippen LogP contribution < -0.4 is 4.74 Å². The van der Waals surface area contributed by atoms with Crippen LogP contribution in [0.4, 0.5) is 4.39 Å². The molecule has 5 rings (SSSR count). The number of rotatable bonds is 4. The summed E-state index contributed by atoms with van der Waals surface area (Å²) in [5.74, 6) is 0.183. The van der Waals surface area contributed by atoms with Gasteiger partial charge in [0.15, 0.2) is 0 Å². The Kier molecular flexibility index (Phi) is 4.37. The van der Waals surface area contributed by atoms with Gasteiger partial charge in [-0.1, -0.05) is 54.1 Å². The maximum atomic E-state index is 14.2. The molecule has 4 nitrogen and oxygen atoms in total. The van der Waals surface area contributed by atoms with Crippen molar-refractivity contribution in [3.05, 3.63) is 95.4 Å². The molecule has 2 aromatic heterocycles. The Morgan fingerprint density at radius 3 is 2.45 bits per heavy atom. The molecule has 0 N–H and O–H groups in total. The van der Waals surface area contributed by atoms with Crippen molar-refractivity contribution in [2.75, 3.05) is 0 Å². The zero-order chi connectivity index (χ0) is 19.8. The first-order chi connectivity index (χ1) is 14.2. The van der Waals surface area contributed by atoms with Gasteiger partial charge in [0, 0.05) is 16.6 Å². The van der Waals surface area contributed by atoms with E-state index in [2.05, 4.69) is 4.98 Å². The van der Waals surface area contributed by atoms with Gasteiger partial charge in [-0.25, -0.2) is 4.39 Å². The number of fused-ring (bicyclic) bond motifs is 3. The maximum Gasteiger partial charge on any atom is 0.226 e. The SMILES string of the molecule is Fc1cccc2c1ncc1c(OCc3ccc(Cl)cc3)n(-c3ccccc3)nc12. The molecule has 0 aliphatic heterocycles. The second-order valence-electron chi connectivity index (χ2n) is 6.62. The van der Waals surface area contributed by atoms with E-state index in [-0.39, 0.29) is 5.82 Å². The fraction of sp³-hybridized carbons (Fsp3) is 0.0435. The van der Waals surface area contributed by atoms with E-state index in [1.54, 1.807) is 16.9 Å². The van der Waals surface area contributed by atoms with Crippen LogP contribution in [0.2, 0.25) is 5.02 Å². The highest BCUT2D eigenvalue weighted by atomic mass is 35.5. The largest absolute Gasteiger partial charge is 0.472 e. The standard InChI is InChI=1S/C23H15ClFN3O/c24-16-11-9-15(10-12-16)14-29-23-19-13-26-22-18(7-4-8-20(22)25)21(19)27-28(23)17-5-2-1-3-6-17/h1-13H,14H2. The van der Waals surface area contributed by atoms with Crippen molar-refractivity contribution in [2.24, 2.45) is 0 Å². The van der Waals surface area contributed by atoms with E-state index < -0.39 is 0 Å². The van der Waals surface area contributed by atoms with Gasteiger partial charge in [-0.15, -0.1) is 0 Å². The smallest absolute Gasteiger partial charge is 0.226 e. The van der Waals surface area contributed by atoms with E-state index in [0.29, 0.717) is 33.9 Å². The van der Waals surface area contributed by atoms with Crippen molar-refractivity contribution in [2.45, 2.75) is 6.61 Å². The lowest BCUT2D eigenvalue weighted by atomic mass is 10.1. The summed E-state index contributed by atoms with van der Waals surface area (Å²) >= 11 is 5.97. The van der Waals surface area contributed by atoms with Crippen LogP contribution in [0.15, 0.2) is 79.0 Å². The molecule has 0 spiro atoms. The number of aromatic nitrogens is 3. The lowest BCUT2D eigenvalue weighted by Crippen LogP contribution is -2.03. The van der Waals surface area contributed by atoms with Crippen LogP contribution in [0.25, 0.3) is 27.5 Å². The molecule has 0 fully saturated rings. The van der Waals surface area contributed by atoms with Gasteiger partial charge >= 0.3 is 0 Å². The number of pyridine rings is 1. The zero-order valence-electron chi connectivity index (χ0n) is 15.2. The first-order valence-corrected chi connectivity index (χ1v) is 9.47. The van der Waals surface area contributed by atoms with Gasteiger partial charge in [0.1, 0.15) is 23.5 Å². The van der Waals surface area contributed by atoms with Crippen molar-refractivity contribution in [3.63, 3.8) is 0 Å². The molecular formula is C23H15ClFN3O. The van der Waals surface area contributed by atoms with Gasteiger partial charge in [-0.3, -0.25) is 4.98 Å². The number of halogens is 2. The molecule has 0 aliphatic rings. The molecule has 0 aliphatic carbocycles. The summed E-state index contributed by atoms with van der Waals surface area (Å²) in [4.78, 5) is 4.32. The predicted octanol–water partition coefficient (Wildman–Crippen LogP) is 5.95. The van der Waals surface area contributed by atoms with Gasteiger partial charge in [0.25, 0.3) is 0 Å². The molecule has 0 atom stereocenters. The summed E-state index contributed by atoms with van der Waals surface area (Å²) in [7, 11) is 0. The minimum Gasteiger partial charge on any atom is -0.472 e. The minimum absolute atomic E-state index is 0.293. The topological polar surface area (TPSA) is 39.9 Å². The Hall–Kier alpha value is -3.44. The van der Waals surface area contributed by atoms with Gasteiger partial charge in [0.05, 0.1) is 11.1 Å². The van der Waals surface area contributed by atoms with E-state index in [1.165, 1.54) is 6.07 Å². The van der Waals surface area contributed by atoms with Crippen molar-refractivity contribution in [3.8, 4) is 11.6 Å². The third-order valence-electron chi connectivity index (χ3n) is 4.73. The van der Waals surface area contributed by atoms with Gasteiger partial charge in [0.2, 0.25) is 5.88 Å². The van der Waals surface area contributed by atoms with E-state index in [4.69, 9.17) is 21.4 Å². The lowest BCUT2D eigenvalue weighted by molar-refractivity contribution is 0.288. The quantitative estimate of drug-likeness (QED) is 0.372. The van der Waals surface area contributed by atoms with E-state index in [0.717, 1.165) is 16.6 Å². The van der Waals surface area contributed by atoms with Crippen LogP contribution in [0, 0.1) is 5.82 Å². The average Bonchev–Trinajstić information content (AvgIpc) is 3.13. The monoisotopic (exact) mass is 403 g/mol. The van der Waals surface area contributed by atoms with Gasteiger partial charge in [-0.2, -0.15) is 9.78 Å². The minimum atomic E-state index is -0.373. The van der Waals surface area contributed by atoms with Crippen LogP contribution >= 0.6 is 11.6 Å². The Morgan fingerprint density at radius 2 is 1.66 bits per heavy atom. The lowest BCUT2D eigenvalue weighted by Gasteiger charge is -2.10. The second kappa shape index (κ2) is 7.18. The normalized spacial score (nSPS) is 11.2. The Labute approximate surface area is 171 Å². The number of ether oxygens (including phenoxy) is 1. The average molecular weight is 404 g/mol. The summed E-state index contributed by atoms with van der Waals surface area (Å²) in [5.41, 5.74) is 2.76. The van der Waals surface area contributed by atoms with E-state index >= 15 is 0 Å². The first kappa shape index (κ1) is 17.6. The van der Waals surface area contributed by atoms with Crippen LogP contribution in [-0.4, -0.2) is 14.8 Å². The van der Waals surface area contributed by atoms with E-state index in [1.807, 2.05) is 60.7 Å². The highest BCUT2D eigenvalue weighted by Crippen LogP contribution is 2.33. The number of nitrogens with zero attached hydrogens (tertiary/aromatic N) is 3. The molecule has 6 heteroatoms. The highest BCUT2D eigenvalue weighted by molar-refractivity contribution is 6.30. The van der Waals surface area contributed by atoms with Crippen molar-refractivity contribution in [1.82, 2.24) is 14.8 Å². The number of hydrogen-bond donors (Lipinski definition) is 0. The summed E-state index contributed by atoms with van der Waals surface area (Å²) in [6.07, 6.45) is 1.62. The second-order valence-corrected chi connectivity index (χ2v) is 7.06. The van der Waals surface area contributed by atoms with E-state index in [9.17, 15) is 4.39 Å². The third-order valence-corrected chi connectivity index (χ3v) is 4.98. The predicted molar refractivity (Wildman–Crippen MR) is 112 cm³/mol. The fourth-order valence-electron chi connectivity index (χ4n) is 3.31. The zero-order valence-corrected chi connectivity index (χ0v) is 16.0. The Balaban J connectivity index is 1.68. The van der Waals surface area contributed by atoms with Crippen molar-refractivity contribution in [1.29, 1.82) is 0 Å². The third kappa shape index (κ3) is 3.19. The summed E-state index contributed by atoms with van der Waals surface area (Å²) in [6, 6.07) is 22.0. The highest BCUT2D eigenvalue weighted by Gasteiger charge is 2.18.